The van der Waals surface area contributed by atoms with Crippen molar-refractivity contribution in [3.8, 4) is 5.75 Å². The molecule has 1 saturated heterocycles. The first kappa shape index (κ1) is 20.3. The zero-order valence-corrected chi connectivity index (χ0v) is 17.7. The molecule has 4 rings (SSSR count). The normalized spacial score (nSPS) is 16.5. The van der Waals surface area contributed by atoms with Crippen LogP contribution in [0.4, 0.5) is 0 Å². The number of carbonyl (C=O) groups excluding carboxylic acids is 2. The monoisotopic (exact) mass is 425 g/mol. The average molecular weight is 426 g/mol. The molecule has 0 unspecified atom stereocenters. The Morgan fingerprint density at radius 2 is 2.20 bits per heavy atom. The number of ether oxygens (including phenoxy) is 2. The smallest absolute Gasteiger partial charge is 0.262 e. The first-order valence-corrected chi connectivity index (χ1v) is 10.5. The zero-order valence-electron chi connectivity index (χ0n) is 16.9. The molecule has 0 saturated carbocycles. The molecule has 1 fully saturated rings. The molecule has 2 aromatic heterocycles. The van der Waals surface area contributed by atoms with Gasteiger partial charge in [-0.15, -0.1) is 11.3 Å². The number of nitrogens with zero attached hydrogens (tertiary/aromatic N) is 2. The van der Waals surface area contributed by atoms with Gasteiger partial charge in [-0.25, -0.2) is 4.98 Å². The summed E-state index contributed by atoms with van der Waals surface area (Å²) in [5.74, 6) is 0.567. The van der Waals surface area contributed by atoms with Crippen molar-refractivity contribution in [3.05, 3.63) is 58.6 Å². The fourth-order valence-corrected chi connectivity index (χ4v) is 4.71. The molecule has 1 aromatic carbocycles. The van der Waals surface area contributed by atoms with E-state index in [9.17, 15) is 9.59 Å². The summed E-state index contributed by atoms with van der Waals surface area (Å²) in [6.45, 7) is 3.35. The number of aromatic nitrogens is 1. The maximum Gasteiger partial charge on any atom is 0.262 e. The Labute approximate surface area is 178 Å². The molecule has 2 amide bonds. The van der Waals surface area contributed by atoms with Gasteiger partial charge in [0.2, 0.25) is 5.91 Å². The predicted octanol–water partition coefficient (Wildman–Crippen LogP) is 3.15. The second kappa shape index (κ2) is 8.81. The summed E-state index contributed by atoms with van der Waals surface area (Å²) >= 11 is 1.35. The molecule has 8 heteroatoms. The standard InChI is InChI=1S/C22H23N3O4S/c1-14(26)25-9-10-29-18(13-25)19-17-7-4-8-23-22(17)30-20(19)21(27)24-12-15-5-3-6-16(11-15)28-2/h3-8,11,18H,9-10,12-13H2,1-2H3,(H,24,27)/t18-/m1/s1. The van der Waals surface area contributed by atoms with Crippen LogP contribution in [0.15, 0.2) is 42.6 Å². The summed E-state index contributed by atoms with van der Waals surface area (Å²) in [5, 5.41) is 3.89. The molecular formula is C22H23N3O4S. The quantitative estimate of drug-likeness (QED) is 0.679. The molecule has 1 aliphatic rings. The number of methoxy groups -OCH3 is 1. The minimum Gasteiger partial charge on any atom is -0.497 e. The molecule has 1 N–H and O–H groups in total. The Morgan fingerprint density at radius 1 is 1.33 bits per heavy atom. The molecule has 3 heterocycles. The van der Waals surface area contributed by atoms with Gasteiger partial charge in [-0.2, -0.15) is 0 Å². The highest BCUT2D eigenvalue weighted by atomic mass is 32.1. The molecule has 1 atom stereocenters. The molecular weight excluding hydrogens is 402 g/mol. The topological polar surface area (TPSA) is 80.8 Å². The van der Waals surface area contributed by atoms with Crippen molar-refractivity contribution in [1.29, 1.82) is 0 Å². The number of amides is 2. The largest absolute Gasteiger partial charge is 0.497 e. The van der Waals surface area contributed by atoms with Gasteiger partial charge in [0, 0.05) is 37.2 Å². The number of rotatable bonds is 5. The second-order valence-corrected chi connectivity index (χ2v) is 8.06. The number of nitrogens with one attached hydrogen (secondary N) is 1. The molecule has 0 aliphatic carbocycles. The van der Waals surface area contributed by atoms with Crippen LogP contribution < -0.4 is 10.1 Å². The van der Waals surface area contributed by atoms with E-state index in [0.717, 1.165) is 27.1 Å². The van der Waals surface area contributed by atoms with Gasteiger partial charge < -0.3 is 19.7 Å². The van der Waals surface area contributed by atoms with Gasteiger partial charge in [-0.1, -0.05) is 18.2 Å². The Hall–Kier alpha value is -2.97. The van der Waals surface area contributed by atoms with Gasteiger partial charge >= 0.3 is 0 Å². The number of benzene rings is 1. The maximum atomic E-state index is 13.1. The number of pyridine rings is 1. The third kappa shape index (κ3) is 4.15. The van der Waals surface area contributed by atoms with E-state index in [1.807, 2.05) is 36.4 Å². The van der Waals surface area contributed by atoms with E-state index in [1.54, 1.807) is 25.1 Å². The lowest BCUT2D eigenvalue weighted by Gasteiger charge is -2.32. The van der Waals surface area contributed by atoms with Crippen LogP contribution in [0.2, 0.25) is 0 Å². The predicted molar refractivity (Wildman–Crippen MR) is 115 cm³/mol. The molecule has 7 nitrogen and oxygen atoms in total. The van der Waals surface area contributed by atoms with Gasteiger partial charge in [-0.05, 0) is 23.8 Å². The highest BCUT2D eigenvalue weighted by Gasteiger charge is 2.30. The molecule has 0 bridgehead atoms. The highest BCUT2D eigenvalue weighted by Crippen LogP contribution is 2.37. The molecule has 0 spiro atoms. The summed E-state index contributed by atoms with van der Waals surface area (Å²) in [6, 6.07) is 11.4. The van der Waals surface area contributed by atoms with Gasteiger partial charge in [0.05, 0.1) is 20.3 Å². The number of thiophene rings is 1. The summed E-state index contributed by atoms with van der Waals surface area (Å²) in [6.07, 6.45) is 1.35. The SMILES string of the molecule is COc1cccc(CNC(=O)c2sc3ncccc3c2[C@H]2CN(C(C)=O)CCO2)c1. The van der Waals surface area contributed by atoms with Gasteiger partial charge in [0.15, 0.2) is 0 Å². The van der Waals surface area contributed by atoms with Crippen molar-refractivity contribution in [1.82, 2.24) is 15.2 Å². The van der Waals surface area contributed by atoms with Gasteiger partial charge in [0.25, 0.3) is 5.91 Å². The van der Waals surface area contributed by atoms with E-state index < -0.39 is 0 Å². The molecule has 1 aliphatic heterocycles. The van der Waals surface area contributed by atoms with Crippen molar-refractivity contribution in [3.63, 3.8) is 0 Å². The van der Waals surface area contributed by atoms with Crippen LogP contribution in [0.3, 0.4) is 0 Å². The first-order chi connectivity index (χ1) is 14.6. The van der Waals surface area contributed by atoms with E-state index in [4.69, 9.17) is 9.47 Å². The zero-order chi connectivity index (χ0) is 21.1. The third-order valence-electron chi connectivity index (χ3n) is 5.13. The van der Waals surface area contributed by atoms with Crippen molar-refractivity contribution >= 4 is 33.4 Å². The first-order valence-electron chi connectivity index (χ1n) is 9.72. The van der Waals surface area contributed by atoms with E-state index in [0.29, 0.717) is 31.1 Å². The minimum atomic E-state index is -0.363. The van der Waals surface area contributed by atoms with Crippen molar-refractivity contribution in [2.24, 2.45) is 0 Å². The Balaban J connectivity index is 1.62. The number of hydrogen-bond donors (Lipinski definition) is 1. The van der Waals surface area contributed by atoms with Crippen LogP contribution in [0.25, 0.3) is 10.2 Å². The lowest BCUT2D eigenvalue weighted by molar-refractivity contribution is -0.136. The lowest BCUT2D eigenvalue weighted by atomic mass is 10.0. The van der Waals surface area contributed by atoms with E-state index in [2.05, 4.69) is 10.3 Å². The van der Waals surface area contributed by atoms with Crippen LogP contribution in [-0.2, 0) is 16.1 Å². The van der Waals surface area contributed by atoms with Crippen molar-refractivity contribution < 1.29 is 19.1 Å². The minimum absolute atomic E-state index is 0.00462. The number of morpholine rings is 1. The third-order valence-corrected chi connectivity index (χ3v) is 6.26. The van der Waals surface area contributed by atoms with Gasteiger partial charge in [-0.3, -0.25) is 9.59 Å². The highest BCUT2D eigenvalue weighted by molar-refractivity contribution is 7.20. The van der Waals surface area contributed by atoms with E-state index in [1.165, 1.54) is 11.3 Å². The molecule has 156 valence electrons. The van der Waals surface area contributed by atoms with Crippen LogP contribution in [0.5, 0.6) is 5.75 Å². The molecule has 30 heavy (non-hydrogen) atoms. The number of carbonyl (C=O) groups is 2. The Kier molecular flexibility index (Phi) is 5.96. The van der Waals surface area contributed by atoms with Gasteiger partial charge in [0.1, 0.15) is 21.6 Å². The summed E-state index contributed by atoms with van der Waals surface area (Å²) in [7, 11) is 1.61. The second-order valence-electron chi connectivity index (χ2n) is 7.06. The van der Waals surface area contributed by atoms with Crippen molar-refractivity contribution in [2.45, 2.75) is 19.6 Å². The number of hydrogen-bond acceptors (Lipinski definition) is 6. The summed E-state index contributed by atoms with van der Waals surface area (Å²) in [5.41, 5.74) is 1.75. The van der Waals surface area contributed by atoms with E-state index in [-0.39, 0.29) is 17.9 Å². The van der Waals surface area contributed by atoms with E-state index >= 15 is 0 Å². The van der Waals surface area contributed by atoms with Crippen LogP contribution in [0, 0.1) is 0 Å². The van der Waals surface area contributed by atoms with Crippen molar-refractivity contribution in [2.75, 3.05) is 26.8 Å². The van der Waals surface area contributed by atoms with Crippen LogP contribution in [-0.4, -0.2) is 48.5 Å². The van der Waals surface area contributed by atoms with Crippen LogP contribution in [0.1, 0.15) is 33.8 Å². The Bertz CT molecular complexity index is 1080. The fraction of sp³-hybridized carbons (Fsp3) is 0.318. The van der Waals surface area contributed by atoms with Crippen LogP contribution >= 0.6 is 11.3 Å². The maximum absolute atomic E-state index is 13.1. The summed E-state index contributed by atoms with van der Waals surface area (Å²) < 4.78 is 11.2. The summed E-state index contributed by atoms with van der Waals surface area (Å²) in [4.78, 5) is 32.5. The Morgan fingerprint density at radius 3 is 3.00 bits per heavy atom. The molecule has 3 aromatic rings. The molecule has 0 radical (unpaired) electrons. The fourth-order valence-electron chi connectivity index (χ4n) is 3.59. The lowest BCUT2D eigenvalue weighted by Crippen LogP contribution is -2.41. The average Bonchev–Trinajstić information content (AvgIpc) is 3.17. The number of fused-ring (bicyclic) bond motifs is 1.